The molecule has 0 atom stereocenters. The van der Waals surface area contributed by atoms with Gasteiger partial charge in [-0.05, 0) is 6.07 Å². The quantitative estimate of drug-likeness (QED) is 0.458. The molecule has 1 aromatic heterocycles. The molecule has 1 heterocycles. The van der Waals surface area contributed by atoms with E-state index < -0.39 is 4.92 Å². The highest BCUT2D eigenvalue weighted by atomic mass is 35.5. The van der Waals surface area contributed by atoms with Gasteiger partial charge in [0, 0.05) is 23.0 Å². The van der Waals surface area contributed by atoms with Crippen LogP contribution in [0.3, 0.4) is 0 Å². The second-order valence-electron chi connectivity index (χ2n) is 3.10. The first-order valence-electron chi connectivity index (χ1n) is 4.40. The van der Waals surface area contributed by atoms with Gasteiger partial charge in [0.05, 0.1) is 18.1 Å². The van der Waals surface area contributed by atoms with Crippen LogP contribution in [0.4, 0.5) is 5.69 Å². The maximum Gasteiger partial charge on any atom is 0.273 e. The summed E-state index contributed by atoms with van der Waals surface area (Å²) in [7, 11) is 1.45. The van der Waals surface area contributed by atoms with E-state index in [-0.39, 0.29) is 10.8 Å². The van der Waals surface area contributed by atoms with Gasteiger partial charge in [-0.3, -0.25) is 10.1 Å². The number of halogens is 1. The second kappa shape index (κ2) is 3.94. The third-order valence-electron chi connectivity index (χ3n) is 2.21. The summed E-state index contributed by atoms with van der Waals surface area (Å²) in [5.41, 5.74) is -0.0701. The number of aromatic nitrogens is 1. The Morgan fingerprint density at radius 1 is 1.44 bits per heavy atom. The predicted octanol–water partition coefficient (Wildman–Crippen LogP) is 2.81. The monoisotopic (exact) mass is 238 g/mol. The number of rotatable bonds is 2. The van der Waals surface area contributed by atoms with Crippen LogP contribution < -0.4 is 4.74 Å². The smallest absolute Gasteiger partial charge is 0.273 e. The molecule has 0 spiro atoms. The van der Waals surface area contributed by atoms with E-state index in [2.05, 4.69) is 4.98 Å². The summed E-state index contributed by atoms with van der Waals surface area (Å²) in [5.74, 6) is 0.411. The van der Waals surface area contributed by atoms with Gasteiger partial charge in [0.1, 0.15) is 10.9 Å². The van der Waals surface area contributed by atoms with Gasteiger partial charge in [-0.1, -0.05) is 11.6 Å². The Kier molecular flexibility index (Phi) is 2.62. The first-order valence-corrected chi connectivity index (χ1v) is 4.78. The Morgan fingerprint density at radius 3 is 2.81 bits per heavy atom. The highest BCUT2D eigenvalue weighted by Gasteiger charge is 2.13. The highest BCUT2D eigenvalue weighted by molar-refractivity contribution is 6.34. The Bertz CT molecular complexity index is 571. The molecule has 0 bridgehead atoms. The van der Waals surface area contributed by atoms with E-state index in [1.165, 1.54) is 25.4 Å². The molecule has 0 saturated carbocycles. The molecule has 0 radical (unpaired) electrons. The van der Waals surface area contributed by atoms with Crippen molar-refractivity contribution in [2.75, 3.05) is 7.11 Å². The minimum Gasteiger partial charge on any atom is -0.496 e. The highest BCUT2D eigenvalue weighted by Crippen LogP contribution is 2.33. The molecule has 2 aromatic rings. The summed E-state index contributed by atoms with van der Waals surface area (Å²) in [5, 5.41) is 12.1. The zero-order valence-electron chi connectivity index (χ0n) is 8.31. The fourth-order valence-electron chi connectivity index (χ4n) is 1.48. The number of hydrogen-bond acceptors (Lipinski definition) is 4. The molecule has 0 N–H and O–H groups in total. The van der Waals surface area contributed by atoms with E-state index in [0.29, 0.717) is 16.5 Å². The summed E-state index contributed by atoms with van der Waals surface area (Å²) in [6.45, 7) is 0. The van der Waals surface area contributed by atoms with Crippen molar-refractivity contribution in [1.29, 1.82) is 0 Å². The molecular formula is C10H7ClN2O3. The van der Waals surface area contributed by atoms with Crippen molar-refractivity contribution in [3.8, 4) is 5.75 Å². The molecule has 0 saturated heterocycles. The lowest BCUT2D eigenvalue weighted by molar-refractivity contribution is -0.384. The van der Waals surface area contributed by atoms with Gasteiger partial charge in [-0.15, -0.1) is 0 Å². The number of nitro groups is 1. The zero-order valence-corrected chi connectivity index (χ0v) is 9.06. The van der Waals surface area contributed by atoms with Crippen LogP contribution in [0.15, 0.2) is 24.4 Å². The summed E-state index contributed by atoms with van der Waals surface area (Å²) in [6, 6.07) is 4.44. The minimum atomic E-state index is -0.495. The molecule has 5 nitrogen and oxygen atoms in total. The molecule has 16 heavy (non-hydrogen) atoms. The Morgan fingerprint density at radius 2 is 2.19 bits per heavy atom. The van der Waals surface area contributed by atoms with E-state index in [9.17, 15) is 10.1 Å². The van der Waals surface area contributed by atoms with Crippen molar-refractivity contribution < 1.29 is 9.66 Å². The normalized spacial score (nSPS) is 10.4. The maximum absolute atomic E-state index is 10.7. The number of pyridine rings is 1. The first-order chi connectivity index (χ1) is 7.63. The number of nitro benzene ring substituents is 1. The fraction of sp³-hybridized carbons (Fsp3) is 0.100. The van der Waals surface area contributed by atoms with E-state index >= 15 is 0 Å². The first kappa shape index (κ1) is 10.6. The second-order valence-corrected chi connectivity index (χ2v) is 3.46. The van der Waals surface area contributed by atoms with E-state index in [1.807, 2.05) is 0 Å². The van der Waals surface area contributed by atoms with Crippen LogP contribution in [0.25, 0.3) is 10.8 Å². The zero-order chi connectivity index (χ0) is 11.7. The van der Waals surface area contributed by atoms with Crippen molar-refractivity contribution in [2.24, 2.45) is 0 Å². The van der Waals surface area contributed by atoms with Gasteiger partial charge in [0.15, 0.2) is 0 Å². The van der Waals surface area contributed by atoms with Crippen LogP contribution in [0, 0.1) is 10.1 Å². The van der Waals surface area contributed by atoms with Gasteiger partial charge in [-0.25, -0.2) is 4.98 Å². The molecule has 2 rings (SSSR count). The number of nitrogens with zero attached hydrogens (tertiary/aromatic N) is 2. The van der Waals surface area contributed by atoms with Gasteiger partial charge in [-0.2, -0.15) is 0 Å². The third kappa shape index (κ3) is 1.65. The fourth-order valence-corrected chi connectivity index (χ4v) is 1.69. The largest absolute Gasteiger partial charge is 0.496 e. The van der Waals surface area contributed by atoms with Gasteiger partial charge in [0.2, 0.25) is 0 Å². The lowest BCUT2D eigenvalue weighted by Gasteiger charge is -2.05. The summed E-state index contributed by atoms with van der Waals surface area (Å²) in [6.07, 6.45) is 1.53. The lowest BCUT2D eigenvalue weighted by Crippen LogP contribution is -1.92. The molecule has 0 unspecified atom stereocenters. The Labute approximate surface area is 95.8 Å². The van der Waals surface area contributed by atoms with E-state index in [4.69, 9.17) is 16.3 Å². The molecule has 0 amide bonds. The van der Waals surface area contributed by atoms with Crippen molar-refractivity contribution in [3.05, 3.63) is 39.7 Å². The number of non-ortho nitro benzene ring substituents is 1. The number of hydrogen-bond donors (Lipinski definition) is 0. The molecule has 0 aliphatic carbocycles. The number of ether oxygens (including phenoxy) is 1. The van der Waals surface area contributed by atoms with Crippen LogP contribution in [-0.4, -0.2) is 17.0 Å². The summed E-state index contributed by atoms with van der Waals surface area (Å²) < 4.78 is 5.08. The minimum absolute atomic E-state index is 0.0701. The Balaban J connectivity index is 2.84. The van der Waals surface area contributed by atoms with Crippen LogP contribution in [-0.2, 0) is 0 Å². The average Bonchev–Trinajstić information content (AvgIpc) is 2.28. The summed E-state index contributed by atoms with van der Waals surface area (Å²) in [4.78, 5) is 14.1. The predicted molar refractivity (Wildman–Crippen MR) is 60.0 cm³/mol. The molecule has 0 aliphatic rings. The van der Waals surface area contributed by atoms with E-state index in [0.717, 1.165) is 0 Å². The van der Waals surface area contributed by atoms with Crippen molar-refractivity contribution >= 4 is 28.1 Å². The number of benzene rings is 1. The molecule has 0 aliphatic heterocycles. The van der Waals surface area contributed by atoms with Crippen LogP contribution in [0.2, 0.25) is 5.15 Å². The molecule has 82 valence electrons. The van der Waals surface area contributed by atoms with Gasteiger partial charge >= 0.3 is 0 Å². The van der Waals surface area contributed by atoms with Gasteiger partial charge < -0.3 is 4.74 Å². The van der Waals surface area contributed by atoms with Crippen molar-refractivity contribution in [1.82, 2.24) is 4.98 Å². The van der Waals surface area contributed by atoms with E-state index in [1.54, 1.807) is 6.07 Å². The lowest BCUT2D eigenvalue weighted by atomic mass is 10.1. The number of fused-ring (bicyclic) bond motifs is 1. The number of methoxy groups -OCH3 is 1. The van der Waals surface area contributed by atoms with Crippen LogP contribution in [0.5, 0.6) is 5.75 Å². The molecule has 0 fully saturated rings. The topological polar surface area (TPSA) is 65.3 Å². The van der Waals surface area contributed by atoms with Crippen molar-refractivity contribution in [3.63, 3.8) is 0 Å². The van der Waals surface area contributed by atoms with Crippen molar-refractivity contribution in [2.45, 2.75) is 0 Å². The SMILES string of the molecule is COc1cc([N+](=O)[O-])cc2c(Cl)nccc12. The molecular weight excluding hydrogens is 232 g/mol. The van der Waals surface area contributed by atoms with Gasteiger partial charge in [0.25, 0.3) is 5.69 Å². The maximum atomic E-state index is 10.7. The summed E-state index contributed by atoms with van der Waals surface area (Å²) >= 11 is 5.87. The molecule has 6 heteroatoms. The molecule has 1 aromatic carbocycles. The standard InChI is InChI=1S/C10H7ClN2O3/c1-16-9-5-6(13(14)15)4-8-7(9)2-3-12-10(8)11/h2-5H,1H3. The van der Waals surface area contributed by atoms with Crippen LogP contribution in [0.1, 0.15) is 0 Å². The van der Waals surface area contributed by atoms with Crippen LogP contribution >= 0.6 is 11.6 Å². The Hall–Kier alpha value is -1.88. The third-order valence-corrected chi connectivity index (χ3v) is 2.51. The average molecular weight is 239 g/mol.